The monoisotopic (exact) mass is 274 g/mol. The first-order valence-electron chi connectivity index (χ1n) is 6.95. The second kappa shape index (κ2) is 4.25. The summed E-state index contributed by atoms with van der Waals surface area (Å²) in [6.07, 6.45) is 0.889. The van der Waals surface area contributed by atoms with Crippen LogP contribution < -0.4 is 15.4 Å². The van der Waals surface area contributed by atoms with Crippen LogP contribution in [0.5, 0.6) is 5.88 Å². The maximum atomic E-state index is 9.61. The van der Waals surface area contributed by atoms with Crippen LogP contribution in [0.25, 0.3) is 0 Å². The van der Waals surface area contributed by atoms with Gasteiger partial charge >= 0.3 is 0 Å². The fourth-order valence-electron chi connectivity index (χ4n) is 3.86. The standard InChI is InChI=1S/C14H19N5O/c1-8-7-19(3)5-4-14(8)10(6-15)12(16)20-13-11(14)9(2)17-18-13/h8H,4-5,7,16H2,1-3H3,(H,17,18)/p+1/t8-,14+/m0/s1. The number of nitrogens with zero attached hydrogens (tertiary/aromatic N) is 2. The molecule has 0 bridgehead atoms. The normalized spacial score (nSPS) is 32.7. The van der Waals surface area contributed by atoms with Crippen LogP contribution in [0.2, 0.25) is 0 Å². The summed E-state index contributed by atoms with van der Waals surface area (Å²) in [4.78, 5) is 1.48. The molecule has 1 aromatic rings. The minimum Gasteiger partial charge on any atom is -0.420 e. The van der Waals surface area contributed by atoms with Crippen molar-refractivity contribution >= 4 is 0 Å². The molecule has 0 aliphatic carbocycles. The van der Waals surface area contributed by atoms with Crippen LogP contribution in [0.15, 0.2) is 11.5 Å². The molecule has 1 saturated heterocycles. The number of aromatic nitrogens is 2. The third-order valence-electron chi connectivity index (χ3n) is 4.81. The second-order valence-corrected chi connectivity index (χ2v) is 6.02. The van der Waals surface area contributed by atoms with Crippen LogP contribution in [0.3, 0.4) is 0 Å². The van der Waals surface area contributed by atoms with Crippen molar-refractivity contribution in [3.63, 3.8) is 0 Å². The average Bonchev–Trinajstić information content (AvgIpc) is 2.76. The summed E-state index contributed by atoms with van der Waals surface area (Å²) in [6.45, 7) is 6.18. The summed E-state index contributed by atoms with van der Waals surface area (Å²) in [6, 6.07) is 2.30. The Labute approximate surface area is 118 Å². The largest absolute Gasteiger partial charge is 0.420 e. The molecule has 2 aliphatic heterocycles. The van der Waals surface area contributed by atoms with E-state index in [1.54, 1.807) is 0 Å². The lowest BCUT2D eigenvalue weighted by Crippen LogP contribution is -3.11. The molecule has 0 aromatic carbocycles. The van der Waals surface area contributed by atoms with Gasteiger partial charge in [0.05, 0.1) is 25.6 Å². The lowest BCUT2D eigenvalue weighted by molar-refractivity contribution is -0.890. The molecule has 6 heteroatoms. The van der Waals surface area contributed by atoms with Gasteiger partial charge in [0.2, 0.25) is 11.8 Å². The van der Waals surface area contributed by atoms with E-state index in [0.717, 1.165) is 30.8 Å². The van der Waals surface area contributed by atoms with Crippen LogP contribution in [0.4, 0.5) is 0 Å². The fraction of sp³-hybridized carbons (Fsp3) is 0.571. The second-order valence-electron chi connectivity index (χ2n) is 6.02. The number of hydrogen-bond donors (Lipinski definition) is 3. The summed E-state index contributed by atoms with van der Waals surface area (Å²) >= 11 is 0. The van der Waals surface area contributed by atoms with Crippen molar-refractivity contribution in [3.8, 4) is 11.9 Å². The van der Waals surface area contributed by atoms with Crippen molar-refractivity contribution in [2.24, 2.45) is 11.7 Å². The van der Waals surface area contributed by atoms with Crippen LogP contribution in [-0.4, -0.2) is 30.3 Å². The van der Waals surface area contributed by atoms with Gasteiger partial charge in [0.15, 0.2) is 0 Å². The first-order valence-corrected chi connectivity index (χ1v) is 6.95. The summed E-state index contributed by atoms with van der Waals surface area (Å²) < 4.78 is 5.54. The Morgan fingerprint density at radius 2 is 2.35 bits per heavy atom. The van der Waals surface area contributed by atoms with Crippen molar-refractivity contribution in [1.29, 1.82) is 5.26 Å². The smallest absolute Gasteiger partial charge is 0.244 e. The van der Waals surface area contributed by atoms with Crippen molar-refractivity contribution in [2.45, 2.75) is 25.7 Å². The number of ether oxygens (including phenoxy) is 1. The maximum absolute atomic E-state index is 9.61. The zero-order chi connectivity index (χ0) is 14.5. The van der Waals surface area contributed by atoms with Crippen molar-refractivity contribution in [2.75, 3.05) is 20.1 Å². The van der Waals surface area contributed by atoms with Crippen LogP contribution in [0, 0.1) is 24.2 Å². The van der Waals surface area contributed by atoms with E-state index in [1.165, 1.54) is 4.90 Å². The highest BCUT2D eigenvalue weighted by Crippen LogP contribution is 2.50. The van der Waals surface area contributed by atoms with Crippen LogP contribution >= 0.6 is 0 Å². The number of nitrogens with one attached hydrogen (secondary N) is 2. The van der Waals surface area contributed by atoms with Crippen molar-refractivity contribution < 1.29 is 9.64 Å². The number of H-pyrrole nitrogens is 1. The van der Waals surface area contributed by atoms with E-state index < -0.39 is 0 Å². The number of piperidine rings is 1. The Balaban J connectivity index is 2.25. The van der Waals surface area contributed by atoms with Crippen LogP contribution in [0.1, 0.15) is 24.6 Å². The number of nitriles is 1. The maximum Gasteiger partial charge on any atom is 0.244 e. The minimum absolute atomic E-state index is 0.206. The lowest BCUT2D eigenvalue weighted by atomic mass is 9.61. The topological polar surface area (TPSA) is 92.2 Å². The van der Waals surface area contributed by atoms with E-state index in [4.69, 9.17) is 10.5 Å². The number of hydrogen-bond acceptors (Lipinski definition) is 4. The highest BCUT2D eigenvalue weighted by atomic mass is 16.5. The fourth-order valence-corrected chi connectivity index (χ4v) is 3.86. The van der Waals surface area contributed by atoms with Gasteiger partial charge in [0, 0.05) is 23.6 Å². The summed E-state index contributed by atoms with van der Waals surface area (Å²) in [5, 5.41) is 16.8. The Kier molecular flexibility index (Phi) is 2.76. The zero-order valence-corrected chi connectivity index (χ0v) is 12.1. The number of nitrogens with two attached hydrogens (primary N) is 1. The van der Waals surface area contributed by atoms with Crippen molar-refractivity contribution in [1.82, 2.24) is 10.2 Å². The molecule has 1 unspecified atom stereocenters. The molecular formula is C14H20N5O+. The molecule has 1 aromatic heterocycles. The molecule has 3 rings (SSSR count). The SMILES string of the molecule is Cc1[nH]nc2c1[C@@]1(CC[NH+](C)C[C@@H]1C)C(C#N)=C(N)O2. The van der Waals surface area contributed by atoms with Gasteiger partial charge in [-0.2, -0.15) is 5.26 Å². The predicted molar refractivity (Wildman–Crippen MR) is 72.9 cm³/mol. The highest BCUT2D eigenvalue weighted by molar-refractivity contribution is 5.54. The highest BCUT2D eigenvalue weighted by Gasteiger charge is 2.53. The number of quaternary nitrogens is 1. The molecule has 3 heterocycles. The molecule has 6 nitrogen and oxygen atoms in total. The van der Waals surface area contributed by atoms with E-state index in [1.807, 2.05) is 6.92 Å². The van der Waals surface area contributed by atoms with E-state index >= 15 is 0 Å². The zero-order valence-electron chi connectivity index (χ0n) is 12.1. The Hall–Kier alpha value is -2.00. The Bertz CT molecular complexity index is 626. The molecule has 0 radical (unpaired) electrons. The first-order chi connectivity index (χ1) is 9.50. The molecule has 3 atom stereocenters. The molecule has 106 valence electrons. The summed E-state index contributed by atoms with van der Waals surface area (Å²) in [5.41, 5.74) is 8.18. The molecule has 20 heavy (non-hydrogen) atoms. The predicted octanol–water partition coefficient (Wildman–Crippen LogP) is -0.403. The third-order valence-corrected chi connectivity index (χ3v) is 4.81. The van der Waals surface area contributed by atoms with E-state index in [-0.39, 0.29) is 11.3 Å². The quantitative estimate of drug-likeness (QED) is 0.600. The minimum atomic E-state index is -0.358. The van der Waals surface area contributed by atoms with Gasteiger partial charge in [0.25, 0.3) is 0 Å². The van der Waals surface area contributed by atoms with Gasteiger partial charge in [-0.15, -0.1) is 5.10 Å². The number of aromatic amines is 1. The Morgan fingerprint density at radius 3 is 3.00 bits per heavy atom. The van der Waals surface area contributed by atoms with Gasteiger partial charge in [-0.3, -0.25) is 5.10 Å². The third kappa shape index (κ3) is 1.50. The summed E-state index contributed by atoms with van der Waals surface area (Å²) in [7, 11) is 2.19. The number of rotatable bonds is 0. The number of aryl methyl sites for hydroxylation is 1. The molecule has 1 fully saturated rings. The van der Waals surface area contributed by atoms with Gasteiger partial charge < -0.3 is 15.4 Å². The lowest BCUT2D eigenvalue weighted by Gasteiger charge is -2.45. The average molecular weight is 274 g/mol. The van der Waals surface area contributed by atoms with Crippen LogP contribution in [-0.2, 0) is 5.41 Å². The van der Waals surface area contributed by atoms with Gasteiger partial charge in [-0.25, -0.2) is 0 Å². The number of fused-ring (bicyclic) bond motifs is 2. The van der Waals surface area contributed by atoms with Gasteiger partial charge in [-0.05, 0) is 6.92 Å². The Morgan fingerprint density at radius 1 is 1.60 bits per heavy atom. The molecule has 0 amide bonds. The van der Waals surface area contributed by atoms with Gasteiger partial charge in [-0.1, -0.05) is 6.92 Å². The molecular weight excluding hydrogens is 254 g/mol. The van der Waals surface area contributed by atoms with E-state index in [2.05, 4.69) is 30.2 Å². The molecule has 0 saturated carbocycles. The number of likely N-dealkylation sites (tertiary alicyclic amines) is 1. The van der Waals surface area contributed by atoms with E-state index in [9.17, 15) is 5.26 Å². The molecule has 4 N–H and O–H groups in total. The van der Waals surface area contributed by atoms with Crippen molar-refractivity contribution in [3.05, 3.63) is 22.7 Å². The van der Waals surface area contributed by atoms with E-state index in [0.29, 0.717) is 17.4 Å². The van der Waals surface area contributed by atoms with Gasteiger partial charge in [0.1, 0.15) is 11.6 Å². The number of allylic oxidation sites excluding steroid dienone is 1. The molecule has 1 spiro atoms. The summed E-state index contributed by atoms with van der Waals surface area (Å²) in [5.74, 6) is 1.05. The molecule has 2 aliphatic rings. The first kappa shape index (κ1) is 13.0.